The van der Waals surface area contributed by atoms with Crippen LogP contribution in [0.5, 0.6) is 11.5 Å². The van der Waals surface area contributed by atoms with E-state index in [2.05, 4.69) is 10.2 Å². The maximum atomic E-state index is 13.2. The van der Waals surface area contributed by atoms with E-state index in [9.17, 15) is 16.8 Å². The van der Waals surface area contributed by atoms with Gasteiger partial charge in [0.25, 0.3) is 0 Å². The first-order valence-corrected chi connectivity index (χ1v) is 17.0. The average molecular weight is 649 g/mol. The summed E-state index contributed by atoms with van der Waals surface area (Å²) in [6.45, 7) is 3.73. The molecule has 46 heavy (non-hydrogen) atoms. The first-order chi connectivity index (χ1) is 22.1. The van der Waals surface area contributed by atoms with E-state index in [4.69, 9.17) is 8.37 Å². The molecule has 6 aromatic carbocycles. The van der Waals surface area contributed by atoms with Crippen molar-refractivity contribution in [2.75, 3.05) is 0 Å². The highest BCUT2D eigenvalue weighted by atomic mass is 32.2. The van der Waals surface area contributed by atoms with Crippen molar-refractivity contribution in [1.82, 2.24) is 0 Å². The second-order valence-electron chi connectivity index (χ2n) is 10.6. The van der Waals surface area contributed by atoms with Crippen molar-refractivity contribution in [2.45, 2.75) is 23.6 Å². The normalized spacial score (nSPS) is 12.3. The van der Waals surface area contributed by atoms with Crippen molar-refractivity contribution >= 4 is 54.2 Å². The number of benzene rings is 6. The van der Waals surface area contributed by atoms with Crippen LogP contribution in [0.15, 0.2) is 141 Å². The SMILES string of the molecule is Cc1ccc(S(=O)(=O)Oc2ccc3ccccc3c2C=NN=Cc2c(OS(=O)(=O)c3ccc(C)cc3)ccc3ccccc23)cc1. The van der Waals surface area contributed by atoms with Gasteiger partial charge in [0.2, 0.25) is 0 Å². The zero-order valence-corrected chi connectivity index (χ0v) is 26.5. The van der Waals surface area contributed by atoms with Gasteiger partial charge in [-0.25, -0.2) is 0 Å². The van der Waals surface area contributed by atoms with E-state index in [1.165, 1.54) is 36.7 Å². The van der Waals surface area contributed by atoms with E-state index >= 15 is 0 Å². The monoisotopic (exact) mass is 648 g/mol. The summed E-state index contributed by atoms with van der Waals surface area (Å²) < 4.78 is 63.8. The molecule has 0 saturated heterocycles. The Bertz CT molecular complexity index is 2180. The van der Waals surface area contributed by atoms with Crippen LogP contribution in [-0.4, -0.2) is 29.3 Å². The van der Waals surface area contributed by atoms with Crippen LogP contribution < -0.4 is 8.37 Å². The molecule has 6 rings (SSSR count). The predicted molar refractivity (Wildman–Crippen MR) is 181 cm³/mol. The quantitative estimate of drug-likeness (QED) is 0.0907. The number of hydrogen-bond donors (Lipinski definition) is 0. The lowest BCUT2D eigenvalue weighted by Crippen LogP contribution is -2.11. The minimum absolute atomic E-state index is 0.0243. The van der Waals surface area contributed by atoms with Gasteiger partial charge in [-0.3, -0.25) is 0 Å². The topological polar surface area (TPSA) is 111 Å². The number of nitrogens with zero attached hydrogens (tertiary/aromatic N) is 2. The van der Waals surface area contributed by atoms with Crippen LogP contribution >= 0.6 is 0 Å². The first-order valence-electron chi connectivity index (χ1n) is 14.2. The van der Waals surface area contributed by atoms with Crippen LogP contribution in [0.4, 0.5) is 0 Å². The fourth-order valence-electron chi connectivity index (χ4n) is 4.89. The third-order valence-electron chi connectivity index (χ3n) is 7.32. The van der Waals surface area contributed by atoms with E-state index in [-0.39, 0.29) is 21.3 Å². The summed E-state index contributed by atoms with van der Waals surface area (Å²) >= 11 is 0. The fraction of sp³-hybridized carbons (Fsp3) is 0.0556. The van der Waals surface area contributed by atoms with Crippen LogP contribution in [-0.2, 0) is 20.2 Å². The van der Waals surface area contributed by atoms with E-state index < -0.39 is 20.2 Å². The maximum Gasteiger partial charge on any atom is 0.339 e. The highest BCUT2D eigenvalue weighted by Crippen LogP contribution is 2.31. The summed E-state index contributed by atoms with van der Waals surface area (Å²) in [5, 5.41) is 11.6. The Hall–Kier alpha value is -5.32. The van der Waals surface area contributed by atoms with Crippen molar-refractivity contribution in [3.63, 3.8) is 0 Å². The molecule has 0 aliphatic carbocycles. The molecule has 0 unspecified atom stereocenters. The number of fused-ring (bicyclic) bond motifs is 2. The second kappa shape index (κ2) is 12.6. The van der Waals surface area contributed by atoms with Gasteiger partial charge in [-0.15, -0.1) is 0 Å². The summed E-state index contributed by atoms with van der Waals surface area (Å²) in [5.74, 6) is 0.160. The Morgan fingerprint density at radius 2 is 0.848 bits per heavy atom. The Balaban J connectivity index is 1.37. The van der Waals surface area contributed by atoms with E-state index in [0.29, 0.717) is 21.9 Å². The van der Waals surface area contributed by atoms with E-state index in [1.807, 2.05) is 62.4 Å². The van der Waals surface area contributed by atoms with Crippen molar-refractivity contribution in [1.29, 1.82) is 0 Å². The molecule has 0 aliphatic heterocycles. The van der Waals surface area contributed by atoms with Gasteiger partial charge >= 0.3 is 20.2 Å². The fourth-order valence-corrected chi connectivity index (χ4v) is 6.78. The van der Waals surface area contributed by atoms with Gasteiger partial charge in [-0.1, -0.05) is 96.1 Å². The van der Waals surface area contributed by atoms with Gasteiger partial charge in [-0.2, -0.15) is 27.0 Å². The largest absolute Gasteiger partial charge is 0.378 e. The lowest BCUT2D eigenvalue weighted by atomic mass is 10.0. The van der Waals surface area contributed by atoms with Crippen molar-refractivity contribution in [3.05, 3.63) is 144 Å². The van der Waals surface area contributed by atoms with Gasteiger partial charge in [0.15, 0.2) is 11.5 Å². The Morgan fingerprint density at radius 3 is 1.24 bits per heavy atom. The molecule has 0 radical (unpaired) electrons. The van der Waals surface area contributed by atoms with Crippen LogP contribution in [0.1, 0.15) is 22.3 Å². The molecule has 0 aliphatic rings. The smallest absolute Gasteiger partial charge is 0.339 e. The minimum atomic E-state index is -4.14. The summed E-state index contributed by atoms with van der Waals surface area (Å²) in [6, 6.07) is 34.3. The predicted octanol–water partition coefficient (Wildman–Crippen LogP) is 7.60. The standard InChI is InChI=1S/C36H28N2O6S2/c1-25-11-17-29(18-12-25)45(39,40)43-35-21-15-27-7-3-5-9-31(27)33(35)23-37-38-24-34-32-10-6-4-8-28(32)16-22-36(34)44-46(41,42)30-19-13-26(2)14-20-30/h3-24H,1-2H3. The second-order valence-corrected chi connectivity index (χ2v) is 13.7. The summed E-state index contributed by atoms with van der Waals surface area (Å²) in [5.41, 5.74) is 2.65. The molecule has 0 aromatic heterocycles. The third kappa shape index (κ3) is 6.53. The summed E-state index contributed by atoms with van der Waals surface area (Å²) in [6.07, 6.45) is 2.82. The molecule has 0 N–H and O–H groups in total. The zero-order chi connectivity index (χ0) is 32.3. The van der Waals surface area contributed by atoms with Crippen molar-refractivity contribution in [2.24, 2.45) is 10.2 Å². The number of aryl methyl sites for hydroxylation is 2. The molecular weight excluding hydrogens is 621 g/mol. The van der Waals surface area contributed by atoms with E-state index in [1.54, 1.807) is 48.5 Å². The highest BCUT2D eigenvalue weighted by Gasteiger charge is 2.21. The number of hydrogen-bond acceptors (Lipinski definition) is 8. The number of rotatable bonds is 9. The molecule has 0 fully saturated rings. The third-order valence-corrected chi connectivity index (χ3v) is 9.82. The van der Waals surface area contributed by atoms with Gasteiger partial charge in [0.05, 0.1) is 12.4 Å². The Kier molecular flexibility index (Phi) is 8.40. The van der Waals surface area contributed by atoms with Gasteiger partial charge in [0.1, 0.15) is 9.79 Å². The molecule has 0 saturated carbocycles. The average Bonchev–Trinajstić information content (AvgIpc) is 3.04. The van der Waals surface area contributed by atoms with Crippen molar-refractivity contribution < 1.29 is 25.2 Å². The molecule has 0 spiro atoms. The lowest BCUT2D eigenvalue weighted by Gasteiger charge is -2.12. The Morgan fingerprint density at radius 1 is 0.478 bits per heavy atom. The molecule has 0 atom stereocenters. The summed E-state index contributed by atoms with van der Waals surface area (Å²) in [4.78, 5) is 0.0486. The highest BCUT2D eigenvalue weighted by molar-refractivity contribution is 7.87. The van der Waals surface area contributed by atoms with Gasteiger partial charge < -0.3 is 8.37 Å². The molecule has 230 valence electrons. The molecule has 0 bridgehead atoms. The summed E-state index contributed by atoms with van der Waals surface area (Å²) in [7, 11) is -8.28. The van der Waals surface area contributed by atoms with Crippen LogP contribution in [0.2, 0.25) is 0 Å². The first kappa shape index (κ1) is 30.7. The Labute approximate surface area is 267 Å². The lowest BCUT2D eigenvalue weighted by molar-refractivity contribution is 0.484. The zero-order valence-electron chi connectivity index (χ0n) is 24.9. The van der Waals surface area contributed by atoms with Gasteiger partial charge in [-0.05, 0) is 71.8 Å². The van der Waals surface area contributed by atoms with Crippen LogP contribution in [0.25, 0.3) is 21.5 Å². The maximum absolute atomic E-state index is 13.2. The van der Waals surface area contributed by atoms with E-state index in [0.717, 1.165) is 21.9 Å². The molecule has 6 aromatic rings. The van der Waals surface area contributed by atoms with Crippen LogP contribution in [0.3, 0.4) is 0 Å². The molecule has 0 heterocycles. The molecule has 8 nitrogen and oxygen atoms in total. The molecule has 10 heteroatoms. The minimum Gasteiger partial charge on any atom is -0.378 e. The molecule has 0 amide bonds. The van der Waals surface area contributed by atoms with Crippen LogP contribution in [0, 0.1) is 13.8 Å². The van der Waals surface area contributed by atoms with Crippen molar-refractivity contribution in [3.8, 4) is 11.5 Å². The van der Waals surface area contributed by atoms with Gasteiger partial charge in [0, 0.05) is 11.1 Å². The molecular formula is C36H28N2O6S2.